The standard InChI is InChI=1S/C19H18F6N2O2S/c20-18(21,22)11-28-15-8-14(9-16(10-15)29-12-19(23,24)25)27-17(30)26-7-6-13-4-2-1-3-5-13/h1-5,8-10H,6-7,11-12H2,(H2,26,27,30). The van der Waals surface area contributed by atoms with Gasteiger partial charge in [-0.1, -0.05) is 30.3 Å². The molecule has 11 heteroatoms. The van der Waals surface area contributed by atoms with Crippen molar-refractivity contribution in [1.82, 2.24) is 5.32 Å². The molecule has 0 fully saturated rings. The van der Waals surface area contributed by atoms with E-state index in [1.807, 2.05) is 30.3 Å². The zero-order chi connectivity index (χ0) is 22.2. The van der Waals surface area contributed by atoms with Gasteiger partial charge >= 0.3 is 12.4 Å². The van der Waals surface area contributed by atoms with Crippen molar-refractivity contribution in [2.75, 3.05) is 25.1 Å². The molecule has 4 nitrogen and oxygen atoms in total. The van der Waals surface area contributed by atoms with Crippen molar-refractivity contribution in [3.05, 3.63) is 54.1 Å². The summed E-state index contributed by atoms with van der Waals surface area (Å²) < 4.78 is 83.5. The van der Waals surface area contributed by atoms with E-state index in [9.17, 15) is 26.3 Å². The van der Waals surface area contributed by atoms with Crippen LogP contribution in [-0.4, -0.2) is 37.2 Å². The fourth-order valence-corrected chi connectivity index (χ4v) is 2.50. The van der Waals surface area contributed by atoms with E-state index < -0.39 is 25.6 Å². The Morgan fingerprint density at radius 2 is 1.37 bits per heavy atom. The van der Waals surface area contributed by atoms with Crippen LogP contribution < -0.4 is 20.1 Å². The number of nitrogens with one attached hydrogen (secondary N) is 2. The molecule has 0 saturated carbocycles. The van der Waals surface area contributed by atoms with Crippen LogP contribution in [0.1, 0.15) is 5.56 Å². The summed E-state index contributed by atoms with van der Waals surface area (Å²) in [5.41, 5.74) is 1.18. The lowest BCUT2D eigenvalue weighted by molar-refractivity contribution is -0.153. The van der Waals surface area contributed by atoms with Crippen LogP contribution >= 0.6 is 12.2 Å². The number of hydrogen-bond donors (Lipinski definition) is 2. The fourth-order valence-electron chi connectivity index (χ4n) is 2.28. The van der Waals surface area contributed by atoms with Crippen molar-refractivity contribution in [3.8, 4) is 11.5 Å². The molecule has 2 aromatic rings. The van der Waals surface area contributed by atoms with Gasteiger partial charge in [-0.25, -0.2) is 0 Å². The van der Waals surface area contributed by atoms with Crippen LogP contribution in [0.15, 0.2) is 48.5 Å². The van der Waals surface area contributed by atoms with Crippen LogP contribution in [0.25, 0.3) is 0 Å². The lowest BCUT2D eigenvalue weighted by Crippen LogP contribution is -2.30. The Hall–Kier alpha value is -2.69. The summed E-state index contributed by atoms with van der Waals surface area (Å²) in [5.74, 6) is -0.636. The minimum atomic E-state index is -4.61. The third kappa shape index (κ3) is 9.68. The van der Waals surface area contributed by atoms with Gasteiger partial charge in [-0.05, 0) is 24.2 Å². The molecule has 30 heavy (non-hydrogen) atoms. The Labute approximate surface area is 174 Å². The third-order valence-electron chi connectivity index (χ3n) is 3.48. The summed E-state index contributed by atoms with van der Waals surface area (Å²) in [5, 5.41) is 5.75. The molecule has 0 amide bonds. The van der Waals surface area contributed by atoms with Crippen molar-refractivity contribution >= 4 is 23.0 Å². The molecule has 2 N–H and O–H groups in total. The summed E-state index contributed by atoms with van der Waals surface area (Å²) in [7, 11) is 0. The summed E-state index contributed by atoms with van der Waals surface area (Å²) in [6.07, 6.45) is -8.55. The maximum atomic E-state index is 12.4. The SMILES string of the molecule is FC(F)(F)COc1cc(NC(=S)NCCc2ccccc2)cc(OCC(F)(F)F)c1. The second-order valence-corrected chi connectivity index (χ2v) is 6.53. The Morgan fingerprint density at radius 1 is 0.833 bits per heavy atom. The molecular formula is C19H18F6N2O2S. The maximum Gasteiger partial charge on any atom is 0.422 e. The van der Waals surface area contributed by atoms with Crippen molar-refractivity contribution in [2.24, 2.45) is 0 Å². The van der Waals surface area contributed by atoms with Crippen molar-refractivity contribution in [3.63, 3.8) is 0 Å². The predicted octanol–water partition coefficient (Wildman–Crippen LogP) is 5.10. The fraction of sp³-hybridized carbons (Fsp3) is 0.316. The van der Waals surface area contributed by atoms with Crippen LogP contribution in [0.4, 0.5) is 32.0 Å². The van der Waals surface area contributed by atoms with E-state index in [2.05, 4.69) is 20.1 Å². The van der Waals surface area contributed by atoms with Crippen molar-refractivity contribution in [1.29, 1.82) is 0 Å². The van der Waals surface area contributed by atoms with Gasteiger partial charge in [-0.2, -0.15) is 26.3 Å². The Balaban J connectivity index is 2.01. The molecule has 0 atom stereocenters. The molecule has 2 aromatic carbocycles. The lowest BCUT2D eigenvalue weighted by Gasteiger charge is -2.16. The normalized spacial score (nSPS) is 11.7. The largest absolute Gasteiger partial charge is 0.484 e. The molecular weight excluding hydrogens is 434 g/mol. The summed E-state index contributed by atoms with van der Waals surface area (Å²) in [6, 6.07) is 12.8. The number of thiocarbonyl (C=S) groups is 1. The maximum absolute atomic E-state index is 12.4. The Bertz CT molecular complexity index is 792. The van der Waals surface area contributed by atoms with E-state index in [1.54, 1.807) is 0 Å². The van der Waals surface area contributed by atoms with Gasteiger partial charge in [0.15, 0.2) is 18.3 Å². The van der Waals surface area contributed by atoms with Gasteiger partial charge < -0.3 is 20.1 Å². The van der Waals surface area contributed by atoms with E-state index in [4.69, 9.17) is 12.2 Å². The predicted molar refractivity (Wildman–Crippen MR) is 104 cm³/mol. The molecule has 164 valence electrons. The smallest absolute Gasteiger partial charge is 0.422 e. The second kappa shape index (κ2) is 10.4. The first-order valence-corrected chi connectivity index (χ1v) is 9.04. The summed E-state index contributed by atoms with van der Waals surface area (Å²) in [6.45, 7) is -2.73. The van der Waals surface area contributed by atoms with Crippen molar-refractivity contribution < 1.29 is 35.8 Å². The first-order chi connectivity index (χ1) is 14.0. The third-order valence-corrected chi connectivity index (χ3v) is 3.73. The monoisotopic (exact) mass is 452 g/mol. The van der Waals surface area contributed by atoms with Gasteiger partial charge in [0.05, 0.1) is 0 Å². The number of alkyl halides is 6. The molecule has 0 aliphatic carbocycles. The van der Waals surface area contributed by atoms with Crippen LogP contribution in [0.5, 0.6) is 11.5 Å². The molecule has 0 spiro atoms. The molecule has 0 radical (unpaired) electrons. The average Bonchev–Trinajstić information content (AvgIpc) is 2.64. The summed E-state index contributed by atoms with van der Waals surface area (Å²) in [4.78, 5) is 0. The minimum absolute atomic E-state index is 0.115. The highest BCUT2D eigenvalue weighted by Gasteiger charge is 2.30. The van der Waals surface area contributed by atoms with E-state index in [0.29, 0.717) is 13.0 Å². The van der Waals surface area contributed by atoms with E-state index >= 15 is 0 Å². The molecule has 0 unspecified atom stereocenters. The van der Waals surface area contributed by atoms with Gasteiger partial charge in [-0.3, -0.25) is 0 Å². The number of halogens is 6. The molecule has 0 aliphatic rings. The number of ether oxygens (including phenoxy) is 2. The van der Waals surface area contributed by atoms with Gasteiger partial charge in [0.1, 0.15) is 11.5 Å². The van der Waals surface area contributed by atoms with Crippen LogP contribution in [0.2, 0.25) is 0 Å². The van der Waals surface area contributed by atoms with Gasteiger partial charge in [-0.15, -0.1) is 0 Å². The van der Waals surface area contributed by atoms with Crippen molar-refractivity contribution in [2.45, 2.75) is 18.8 Å². The number of benzene rings is 2. The Kier molecular flexibility index (Phi) is 8.16. The van der Waals surface area contributed by atoms with E-state index in [-0.39, 0.29) is 22.3 Å². The minimum Gasteiger partial charge on any atom is -0.484 e. The van der Waals surface area contributed by atoms with Crippen LogP contribution in [0.3, 0.4) is 0 Å². The number of rotatable bonds is 8. The van der Waals surface area contributed by atoms with Crippen LogP contribution in [0, 0.1) is 0 Å². The second-order valence-electron chi connectivity index (χ2n) is 6.12. The Morgan fingerprint density at radius 3 is 1.87 bits per heavy atom. The number of hydrogen-bond acceptors (Lipinski definition) is 3. The van der Waals surface area contributed by atoms with Gasteiger partial charge in [0.25, 0.3) is 0 Å². The average molecular weight is 452 g/mol. The van der Waals surface area contributed by atoms with Crippen LogP contribution in [-0.2, 0) is 6.42 Å². The topological polar surface area (TPSA) is 42.5 Å². The molecule has 0 saturated heterocycles. The molecule has 0 heterocycles. The van der Waals surface area contributed by atoms with E-state index in [0.717, 1.165) is 11.6 Å². The molecule has 0 aliphatic heterocycles. The highest BCUT2D eigenvalue weighted by atomic mass is 32.1. The molecule has 0 aromatic heterocycles. The quantitative estimate of drug-likeness (QED) is 0.431. The lowest BCUT2D eigenvalue weighted by atomic mass is 10.1. The highest BCUT2D eigenvalue weighted by molar-refractivity contribution is 7.80. The number of anilines is 1. The van der Waals surface area contributed by atoms with E-state index in [1.165, 1.54) is 12.1 Å². The first kappa shape index (κ1) is 23.6. The highest BCUT2D eigenvalue weighted by Crippen LogP contribution is 2.29. The zero-order valence-electron chi connectivity index (χ0n) is 15.4. The van der Waals surface area contributed by atoms with Gasteiger partial charge in [0.2, 0.25) is 0 Å². The molecule has 2 rings (SSSR count). The molecule has 0 bridgehead atoms. The first-order valence-electron chi connectivity index (χ1n) is 8.63. The van der Waals surface area contributed by atoms with Gasteiger partial charge in [0, 0.05) is 30.4 Å². The zero-order valence-corrected chi connectivity index (χ0v) is 16.3. The summed E-state index contributed by atoms with van der Waals surface area (Å²) >= 11 is 5.12.